The van der Waals surface area contributed by atoms with Crippen LogP contribution in [0.5, 0.6) is 0 Å². The van der Waals surface area contributed by atoms with Crippen LogP contribution in [-0.4, -0.2) is 37.5 Å². The molecule has 1 heterocycles. The molecule has 0 aromatic heterocycles. The van der Waals surface area contributed by atoms with Crippen LogP contribution >= 0.6 is 0 Å². The van der Waals surface area contributed by atoms with Gasteiger partial charge in [0.25, 0.3) is 11.8 Å². The molecule has 1 aliphatic rings. The molecule has 0 aliphatic carbocycles. The van der Waals surface area contributed by atoms with E-state index in [2.05, 4.69) is 21.6 Å². The van der Waals surface area contributed by atoms with Crippen molar-refractivity contribution in [2.75, 3.05) is 29.9 Å². The van der Waals surface area contributed by atoms with E-state index in [1.54, 1.807) is 24.3 Å². The van der Waals surface area contributed by atoms with Gasteiger partial charge in [0.2, 0.25) is 0 Å². The number of hydrogen-bond donors (Lipinski definition) is 2. The van der Waals surface area contributed by atoms with Crippen LogP contribution in [-0.2, 0) is 14.3 Å². The first-order chi connectivity index (χ1) is 17.5. The van der Waals surface area contributed by atoms with Crippen molar-refractivity contribution in [1.82, 2.24) is 5.32 Å². The normalized spacial score (nSPS) is 13.6. The van der Waals surface area contributed by atoms with Crippen molar-refractivity contribution in [3.05, 3.63) is 95.6 Å². The van der Waals surface area contributed by atoms with E-state index in [-0.39, 0.29) is 12.3 Å². The van der Waals surface area contributed by atoms with Crippen LogP contribution in [0.2, 0.25) is 0 Å². The topological polar surface area (TPSA) is 87.7 Å². The first-order valence-corrected chi connectivity index (χ1v) is 12.2. The molecule has 3 aromatic rings. The highest BCUT2D eigenvalue weighted by atomic mass is 16.5. The number of carbonyl (C=O) groups is 3. The van der Waals surface area contributed by atoms with Gasteiger partial charge in [0.05, 0.1) is 12.5 Å². The van der Waals surface area contributed by atoms with E-state index in [0.29, 0.717) is 11.3 Å². The van der Waals surface area contributed by atoms with Crippen LogP contribution in [0.3, 0.4) is 0 Å². The minimum atomic E-state index is -0.588. The largest absolute Gasteiger partial charge is 0.455 e. The lowest BCUT2D eigenvalue weighted by Crippen LogP contribution is -2.31. The number of aryl methyl sites for hydroxylation is 1. The number of esters is 1. The fourth-order valence-corrected chi connectivity index (χ4v) is 4.29. The second kappa shape index (κ2) is 12.0. The smallest absolute Gasteiger partial charge is 0.308 e. The number of amides is 2. The lowest BCUT2D eigenvalue weighted by atomic mass is 10.0. The zero-order valence-electron chi connectivity index (χ0n) is 20.4. The van der Waals surface area contributed by atoms with Gasteiger partial charge in [0, 0.05) is 30.0 Å². The number of rotatable bonds is 9. The predicted octanol–water partition coefficient (Wildman–Crippen LogP) is 4.64. The molecule has 3 aromatic carbocycles. The zero-order chi connectivity index (χ0) is 25.3. The van der Waals surface area contributed by atoms with Crippen LogP contribution in [0.15, 0.2) is 78.9 Å². The van der Waals surface area contributed by atoms with Crippen molar-refractivity contribution in [2.24, 2.45) is 0 Å². The summed E-state index contributed by atoms with van der Waals surface area (Å²) >= 11 is 0. The minimum Gasteiger partial charge on any atom is -0.455 e. The van der Waals surface area contributed by atoms with Crippen molar-refractivity contribution < 1.29 is 19.1 Å². The van der Waals surface area contributed by atoms with Crippen LogP contribution in [0.1, 0.15) is 46.8 Å². The molecule has 0 radical (unpaired) electrons. The maximum atomic E-state index is 12.7. The molecule has 7 heteroatoms. The Balaban J connectivity index is 1.32. The van der Waals surface area contributed by atoms with E-state index < -0.39 is 24.5 Å². The Bertz CT molecular complexity index is 1190. The van der Waals surface area contributed by atoms with Gasteiger partial charge in [-0.15, -0.1) is 0 Å². The summed E-state index contributed by atoms with van der Waals surface area (Å²) in [5.41, 5.74) is 4.07. The Labute approximate surface area is 211 Å². The second-order valence-corrected chi connectivity index (χ2v) is 8.91. The van der Waals surface area contributed by atoms with Gasteiger partial charge in [-0.05, 0) is 61.2 Å². The van der Waals surface area contributed by atoms with Crippen LogP contribution in [0.4, 0.5) is 11.4 Å². The van der Waals surface area contributed by atoms with Gasteiger partial charge in [-0.3, -0.25) is 14.4 Å². The van der Waals surface area contributed by atoms with E-state index in [4.69, 9.17) is 4.74 Å². The number of nitrogens with one attached hydrogen (secondary N) is 2. The molecular formula is C29H31N3O4. The third kappa shape index (κ3) is 6.72. The minimum absolute atomic E-state index is 0.0978. The summed E-state index contributed by atoms with van der Waals surface area (Å²) in [6, 6.07) is 23.4. The van der Waals surface area contributed by atoms with Crippen molar-refractivity contribution in [1.29, 1.82) is 0 Å². The fraction of sp³-hybridized carbons (Fsp3) is 0.276. The quantitative estimate of drug-likeness (QED) is 0.431. The summed E-state index contributed by atoms with van der Waals surface area (Å²) < 4.78 is 5.25. The Morgan fingerprint density at radius 2 is 1.58 bits per heavy atom. The molecule has 36 heavy (non-hydrogen) atoms. The molecule has 1 saturated heterocycles. The maximum Gasteiger partial charge on any atom is 0.308 e. The zero-order valence-corrected chi connectivity index (χ0v) is 20.4. The highest BCUT2D eigenvalue weighted by molar-refractivity contribution is 5.95. The maximum absolute atomic E-state index is 12.7. The van der Waals surface area contributed by atoms with E-state index in [9.17, 15) is 14.4 Å². The summed E-state index contributed by atoms with van der Waals surface area (Å²) in [7, 11) is 0. The number of anilines is 2. The molecule has 0 spiro atoms. The van der Waals surface area contributed by atoms with Crippen molar-refractivity contribution in [3.63, 3.8) is 0 Å². The average molecular weight is 486 g/mol. The third-order valence-electron chi connectivity index (χ3n) is 6.23. The number of carbonyl (C=O) groups excluding carboxylic acids is 3. The standard InChI is InChI=1S/C29H31N3O4/c1-21-18-24(32-16-8-9-17-32)14-15-25(21)30-27(33)20-36-28(34)19-26(22-10-4-2-5-11-22)31-29(35)23-12-6-3-7-13-23/h2-7,10-15,18,26H,8-9,16-17,19-20H2,1H3,(H,30,33)(H,31,35). The van der Waals surface area contributed by atoms with Gasteiger partial charge in [-0.2, -0.15) is 0 Å². The molecule has 7 nitrogen and oxygen atoms in total. The van der Waals surface area contributed by atoms with E-state index >= 15 is 0 Å². The van der Waals surface area contributed by atoms with Gasteiger partial charge < -0.3 is 20.3 Å². The molecule has 0 saturated carbocycles. The number of benzene rings is 3. The van der Waals surface area contributed by atoms with Crippen LogP contribution in [0, 0.1) is 6.92 Å². The number of hydrogen-bond acceptors (Lipinski definition) is 5. The SMILES string of the molecule is Cc1cc(N2CCCC2)ccc1NC(=O)COC(=O)CC(NC(=O)c1ccccc1)c1ccccc1. The first kappa shape index (κ1) is 25.0. The van der Waals surface area contributed by atoms with E-state index in [1.165, 1.54) is 12.8 Å². The predicted molar refractivity (Wildman–Crippen MR) is 140 cm³/mol. The summed E-state index contributed by atoms with van der Waals surface area (Å²) in [6.07, 6.45) is 2.30. The Kier molecular flexibility index (Phi) is 8.34. The summed E-state index contributed by atoms with van der Waals surface area (Å²) in [5, 5.41) is 5.72. The Morgan fingerprint density at radius 1 is 0.917 bits per heavy atom. The molecule has 1 aliphatic heterocycles. The number of ether oxygens (including phenoxy) is 1. The third-order valence-corrected chi connectivity index (χ3v) is 6.23. The highest BCUT2D eigenvalue weighted by Gasteiger charge is 2.21. The van der Waals surface area contributed by atoms with Gasteiger partial charge in [0.15, 0.2) is 6.61 Å². The summed E-state index contributed by atoms with van der Waals surface area (Å²) in [6.45, 7) is 3.65. The summed E-state index contributed by atoms with van der Waals surface area (Å²) in [5.74, 6) is -1.28. The first-order valence-electron chi connectivity index (χ1n) is 12.2. The van der Waals surface area contributed by atoms with Crippen LogP contribution in [0.25, 0.3) is 0 Å². The molecule has 1 fully saturated rings. The molecule has 4 rings (SSSR count). The van der Waals surface area contributed by atoms with Gasteiger partial charge >= 0.3 is 5.97 Å². The molecule has 0 bridgehead atoms. The van der Waals surface area contributed by atoms with E-state index in [1.807, 2.05) is 55.5 Å². The number of nitrogens with zero attached hydrogens (tertiary/aromatic N) is 1. The second-order valence-electron chi connectivity index (χ2n) is 8.91. The lowest BCUT2D eigenvalue weighted by molar-refractivity contribution is -0.147. The summed E-state index contributed by atoms with van der Waals surface area (Å²) in [4.78, 5) is 40.1. The average Bonchev–Trinajstić information content (AvgIpc) is 3.44. The molecule has 186 valence electrons. The van der Waals surface area contributed by atoms with E-state index in [0.717, 1.165) is 29.9 Å². The highest BCUT2D eigenvalue weighted by Crippen LogP contribution is 2.25. The Morgan fingerprint density at radius 3 is 2.25 bits per heavy atom. The monoisotopic (exact) mass is 485 g/mol. The molecule has 2 amide bonds. The molecule has 1 atom stereocenters. The van der Waals surface area contributed by atoms with Gasteiger partial charge in [0.1, 0.15) is 0 Å². The van der Waals surface area contributed by atoms with Gasteiger partial charge in [-0.1, -0.05) is 48.5 Å². The Hall–Kier alpha value is -4.13. The molecular weight excluding hydrogens is 454 g/mol. The molecule has 2 N–H and O–H groups in total. The fourth-order valence-electron chi connectivity index (χ4n) is 4.29. The van der Waals surface area contributed by atoms with Crippen molar-refractivity contribution >= 4 is 29.2 Å². The van der Waals surface area contributed by atoms with Gasteiger partial charge in [-0.25, -0.2) is 0 Å². The van der Waals surface area contributed by atoms with Crippen molar-refractivity contribution in [2.45, 2.75) is 32.2 Å². The lowest BCUT2D eigenvalue weighted by Gasteiger charge is -2.20. The van der Waals surface area contributed by atoms with Crippen LogP contribution < -0.4 is 15.5 Å². The molecule has 1 unspecified atom stereocenters. The van der Waals surface area contributed by atoms with Crippen molar-refractivity contribution in [3.8, 4) is 0 Å².